The third-order valence-corrected chi connectivity index (χ3v) is 2.03. The van der Waals surface area contributed by atoms with Gasteiger partial charge in [0.15, 0.2) is 0 Å². The third kappa shape index (κ3) is 2.44. The Labute approximate surface area is 66.6 Å². The monoisotopic (exact) mass is 151 g/mol. The van der Waals surface area contributed by atoms with Crippen molar-refractivity contribution in [2.75, 3.05) is 0 Å². The maximum Gasteiger partial charge on any atom is 0.00746 e. The van der Waals surface area contributed by atoms with Gasteiger partial charge in [0.25, 0.3) is 0 Å². The van der Waals surface area contributed by atoms with Crippen molar-refractivity contribution in [1.29, 1.82) is 0 Å². The number of benzene rings is 1. The largest absolute Gasteiger partial charge is 0.123 e. The van der Waals surface area contributed by atoms with Gasteiger partial charge in [-0.1, -0.05) is 25.1 Å². The molecule has 1 radical (unpaired) electrons. The van der Waals surface area contributed by atoms with Crippen molar-refractivity contribution < 1.29 is 0 Å². The normalized spacial score (nSPS) is 10.3. The van der Waals surface area contributed by atoms with Crippen LogP contribution in [-0.2, 0) is 0 Å². The van der Waals surface area contributed by atoms with E-state index in [9.17, 15) is 0 Å². The molecule has 0 amide bonds. The summed E-state index contributed by atoms with van der Waals surface area (Å²) in [7, 11) is 0. The van der Waals surface area contributed by atoms with Crippen LogP contribution >= 0.6 is 11.8 Å². The van der Waals surface area contributed by atoms with E-state index in [-0.39, 0.29) is 0 Å². The van der Waals surface area contributed by atoms with E-state index in [4.69, 9.17) is 0 Å². The molecule has 0 aromatic heterocycles. The number of rotatable bonds is 2. The quantitative estimate of drug-likeness (QED) is 0.585. The SMILES string of the molecule is [CH2]C(C)Sc1ccccc1. The molecule has 1 atom stereocenters. The van der Waals surface area contributed by atoms with Gasteiger partial charge in [0, 0.05) is 10.1 Å². The molecule has 0 heterocycles. The van der Waals surface area contributed by atoms with Crippen LogP contribution < -0.4 is 0 Å². The topological polar surface area (TPSA) is 0 Å². The zero-order chi connectivity index (χ0) is 7.40. The first-order chi connectivity index (χ1) is 4.79. The summed E-state index contributed by atoms with van der Waals surface area (Å²) < 4.78 is 0. The zero-order valence-electron chi connectivity index (χ0n) is 6.08. The minimum absolute atomic E-state index is 0.433. The lowest BCUT2D eigenvalue weighted by Gasteiger charge is -2.02. The average Bonchev–Trinajstić information content (AvgIpc) is 1.88. The van der Waals surface area contributed by atoms with Crippen LogP contribution in [0.15, 0.2) is 35.2 Å². The molecule has 1 aromatic rings. The molecule has 0 saturated heterocycles. The van der Waals surface area contributed by atoms with E-state index in [1.54, 1.807) is 11.8 Å². The summed E-state index contributed by atoms with van der Waals surface area (Å²) in [4.78, 5) is 1.30. The molecule has 10 heavy (non-hydrogen) atoms. The van der Waals surface area contributed by atoms with Crippen LogP contribution in [0.3, 0.4) is 0 Å². The van der Waals surface area contributed by atoms with Gasteiger partial charge in [0.1, 0.15) is 0 Å². The van der Waals surface area contributed by atoms with Crippen molar-refractivity contribution in [3.05, 3.63) is 37.3 Å². The average molecular weight is 151 g/mol. The zero-order valence-corrected chi connectivity index (χ0v) is 6.90. The highest BCUT2D eigenvalue weighted by atomic mass is 32.2. The molecule has 0 spiro atoms. The van der Waals surface area contributed by atoms with Crippen molar-refractivity contribution in [3.63, 3.8) is 0 Å². The molecule has 0 aliphatic rings. The predicted octanol–water partition coefficient (Wildman–Crippen LogP) is 3.00. The minimum Gasteiger partial charge on any atom is -0.123 e. The van der Waals surface area contributed by atoms with E-state index < -0.39 is 0 Å². The fourth-order valence-corrected chi connectivity index (χ4v) is 1.51. The molecule has 53 valence electrons. The fourth-order valence-electron chi connectivity index (χ4n) is 0.731. The molecule has 0 fully saturated rings. The van der Waals surface area contributed by atoms with Gasteiger partial charge in [-0.05, 0) is 19.1 Å². The summed E-state index contributed by atoms with van der Waals surface area (Å²) in [6.07, 6.45) is 0. The molecular weight excluding hydrogens is 140 g/mol. The van der Waals surface area contributed by atoms with Gasteiger partial charge in [-0.15, -0.1) is 11.8 Å². The Balaban J connectivity index is 2.59. The van der Waals surface area contributed by atoms with Gasteiger partial charge < -0.3 is 0 Å². The van der Waals surface area contributed by atoms with E-state index in [0.717, 1.165) is 0 Å². The van der Waals surface area contributed by atoms with Crippen LogP contribution in [0.5, 0.6) is 0 Å². The summed E-state index contributed by atoms with van der Waals surface area (Å²) >= 11 is 1.79. The Morgan fingerprint density at radius 2 is 1.90 bits per heavy atom. The first-order valence-corrected chi connectivity index (χ1v) is 4.22. The Morgan fingerprint density at radius 1 is 1.30 bits per heavy atom. The summed E-state index contributed by atoms with van der Waals surface area (Å²) in [5.41, 5.74) is 0. The summed E-state index contributed by atoms with van der Waals surface area (Å²) in [6.45, 7) is 5.99. The van der Waals surface area contributed by atoms with Crippen LogP contribution in [0.2, 0.25) is 0 Å². The van der Waals surface area contributed by atoms with Crippen LogP contribution in [-0.4, -0.2) is 5.25 Å². The minimum atomic E-state index is 0.433. The Kier molecular flexibility index (Phi) is 2.82. The highest BCUT2D eigenvalue weighted by Gasteiger charge is 1.94. The van der Waals surface area contributed by atoms with Gasteiger partial charge in [-0.3, -0.25) is 0 Å². The van der Waals surface area contributed by atoms with E-state index >= 15 is 0 Å². The summed E-state index contributed by atoms with van der Waals surface area (Å²) in [5, 5.41) is 0.433. The molecule has 0 aliphatic carbocycles. The lowest BCUT2D eigenvalue weighted by molar-refractivity contribution is 1.24. The van der Waals surface area contributed by atoms with Gasteiger partial charge in [-0.25, -0.2) is 0 Å². The van der Waals surface area contributed by atoms with Crippen LogP contribution in [0.1, 0.15) is 6.92 Å². The maximum atomic E-state index is 3.90. The van der Waals surface area contributed by atoms with Crippen molar-refractivity contribution in [2.45, 2.75) is 17.1 Å². The highest BCUT2D eigenvalue weighted by molar-refractivity contribution is 8.00. The van der Waals surface area contributed by atoms with Gasteiger partial charge in [0.05, 0.1) is 0 Å². The summed E-state index contributed by atoms with van der Waals surface area (Å²) in [6, 6.07) is 10.3. The molecule has 1 aromatic carbocycles. The second kappa shape index (κ2) is 3.67. The Hall–Kier alpha value is -0.430. The lowest BCUT2D eigenvalue weighted by atomic mass is 10.4. The second-order valence-electron chi connectivity index (χ2n) is 2.24. The van der Waals surface area contributed by atoms with Crippen molar-refractivity contribution >= 4 is 11.8 Å². The number of thioether (sulfide) groups is 1. The Morgan fingerprint density at radius 3 is 2.40 bits per heavy atom. The van der Waals surface area contributed by atoms with Gasteiger partial charge >= 0.3 is 0 Å². The fraction of sp³-hybridized carbons (Fsp3) is 0.222. The standard InChI is InChI=1S/C9H11S/c1-8(2)10-9-6-4-3-5-7-9/h3-8H,1H2,2H3. The number of hydrogen-bond acceptors (Lipinski definition) is 1. The molecule has 1 rings (SSSR count). The van der Waals surface area contributed by atoms with E-state index in [1.165, 1.54) is 4.90 Å². The van der Waals surface area contributed by atoms with Gasteiger partial charge in [-0.2, -0.15) is 0 Å². The number of hydrogen-bond donors (Lipinski definition) is 0. The second-order valence-corrected chi connectivity index (χ2v) is 3.75. The molecule has 0 aliphatic heterocycles. The molecular formula is C9H11S. The van der Waals surface area contributed by atoms with Crippen LogP contribution in [0.25, 0.3) is 0 Å². The van der Waals surface area contributed by atoms with Crippen molar-refractivity contribution in [2.24, 2.45) is 0 Å². The summed E-state index contributed by atoms with van der Waals surface area (Å²) in [5.74, 6) is 0. The first-order valence-electron chi connectivity index (χ1n) is 3.34. The first kappa shape index (κ1) is 7.67. The van der Waals surface area contributed by atoms with Crippen molar-refractivity contribution in [3.8, 4) is 0 Å². The lowest BCUT2D eigenvalue weighted by Crippen LogP contribution is -1.84. The van der Waals surface area contributed by atoms with Crippen LogP contribution in [0, 0.1) is 6.92 Å². The van der Waals surface area contributed by atoms with E-state index in [1.807, 2.05) is 18.2 Å². The molecule has 1 heteroatoms. The predicted molar refractivity (Wildman–Crippen MR) is 47.1 cm³/mol. The van der Waals surface area contributed by atoms with E-state index in [2.05, 4.69) is 26.0 Å². The van der Waals surface area contributed by atoms with Gasteiger partial charge in [0.2, 0.25) is 0 Å². The molecule has 0 N–H and O–H groups in total. The maximum absolute atomic E-state index is 3.90. The third-order valence-electron chi connectivity index (χ3n) is 1.08. The molecule has 0 saturated carbocycles. The Bertz CT molecular complexity index is 179. The molecule has 0 bridgehead atoms. The smallest absolute Gasteiger partial charge is 0.00746 e. The van der Waals surface area contributed by atoms with Crippen LogP contribution in [0.4, 0.5) is 0 Å². The highest BCUT2D eigenvalue weighted by Crippen LogP contribution is 2.21. The molecule has 1 unspecified atom stereocenters. The van der Waals surface area contributed by atoms with E-state index in [0.29, 0.717) is 5.25 Å². The van der Waals surface area contributed by atoms with Crippen molar-refractivity contribution in [1.82, 2.24) is 0 Å². The molecule has 0 nitrogen and oxygen atoms in total.